The molecule has 0 bridgehead atoms. The van der Waals surface area contributed by atoms with Crippen molar-refractivity contribution in [2.24, 2.45) is 7.05 Å². The van der Waals surface area contributed by atoms with Gasteiger partial charge in [0.15, 0.2) is 0 Å². The van der Waals surface area contributed by atoms with Crippen molar-refractivity contribution in [2.75, 3.05) is 13.6 Å². The molecule has 1 unspecified atom stereocenters. The first kappa shape index (κ1) is 16.1. The number of hydrogen-bond donors (Lipinski definition) is 2. The topological polar surface area (TPSA) is 59.0 Å². The fourth-order valence-corrected chi connectivity index (χ4v) is 2.20. The van der Waals surface area contributed by atoms with Crippen LogP contribution in [0.4, 0.5) is 8.78 Å². The molecule has 0 aliphatic carbocycles. The molecular formula is C15H18F2N4O. The smallest absolute Gasteiger partial charge is 0.241 e. The predicted octanol–water partition coefficient (Wildman–Crippen LogP) is 1.32. The van der Waals surface area contributed by atoms with Crippen molar-refractivity contribution in [3.8, 4) is 0 Å². The van der Waals surface area contributed by atoms with E-state index in [1.165, 1.54) is 0 Å². The van der Waals surface area contributed by atoms with Crippen LogP contribution in [0.3, 0.4) is 0 Å². The lowest BCUT2D eigenvalue weighted by molar-refractivity contribution is -0.123. The summed E-state index contributed by atoms with van der Waals surface area (Å²) in [6.07, 6.45) is 3.57. The Kier molecular flexibility index (Phi) is 5.21. The average Bonchev–Trinajstić information content (AvgIpc) is 2.90. The van der Waals surface area contributed by atoms with Crippen molar-refractivity contribution >= 4 is 5.91 Å². The zero-order valence-electron chi connectivity index (χ0n) is 12.4. The van der Waals surface area contributed by atoms with Crippen molar-refractivity contribution in [1.82, 2.24) is 20.4 Å². The van der Waals surface area contributed by atoms with Gasteiger partial charge in [-0.05, 0) is 37.2 Å². The molecule has 118 valence electrons. The van der Waals surface area contributed by atoms with E-state index in [4.69, 9.17) is 0 Å². The first-order chi connectivity index (χ1) is 10.5. The Bertz CT molecular complexity index is 657. The van der Waals surface area contributed by atoms with E-state index in [0.717, 1.165) is 23.8 Å². The van der Waals surface area contributed by atoms with Crippen LogP contribution in [0.1, 0.15) is 17.2 Å². The number of benzene rings is 1. The fourth-order valence-electron chi connectivity index (χ4n) is 2.20. The Labute approximate surface area is 127 Å². The molecule has 2 aromatic rings. The van der Waals surface area contributed by atoms with E-state index >= 15 is 0 Å². The molecule has 0 aliphatic heterocycles. The third-order valence-electron chi connectivity index (χ3n) is 3.31. The zero-order chi connectivity index (χ0) is 16.1. The summed E-state index contributed by atoms with van der Waals surface area (Å²) < 4.78 is 28.2. The van der Waals surface area contributed by atoms with Gasteiger partial charge in [0.05, 0.1) is 6.20 Å². The van der Waals surface area contributed by atoms with Crippen molar-refractivity contribution in [3.63, 3.8) is 0 Å². The summed E-state index contributed by atoms with van der Waals surface area (Å²) in [5.74, 6) is -1.22. The second-order valence-electron chi connectivity index (χ2n) is 4.95. The minimum Gasteiger partial charge on any atom is -0.354 e. The standard InChI is InChI=1S/C15H18F2N4O/c1-18-14(11-8-20-21(2)9-11)15(22)19-6-5-10-7-12(16)3-4-13(10)17/h3-4,7-9,14,18H,5-6H2,1-2H3,(H,19,22). The molecule has 2 N–H and O–H groups in total. The second-order valence-corrected chi connectivity index (χ2v) is 4.95. The van der Waals surface area contributed by atoms with Crippen LogP contribution in [-0.2, 0) is 18.3 Å². The molecule has 7 heteroatoms. The van der Waals surface area contributed by atoms with Gasteiger partial charge in [-0.25, -0.2) is 8.78 Å². The Morgan fingerprint density at radius 2 is 2.18 bits per heavy atom. The molecular weight excluding hydrogens is 290 g/mol. The summed E-state index contributed by atoms with van der Waals surface area (Å²) in [4.78, 5) is 12.1. The molecule has 0 saturated carbocycles. The number of halogens is 2. The number of likely N-dealkylation sites (N-methyl/N-ethyl adjacent to an activating group) is 1. The Hall–Kier alpha value is -2.28. The maximum Gasteiger partial charge on any atom is 0.241 e. The molecule has 1 amide bonds. The maximum absolute atomic E-state index is 13.5. The lowest BCUT2D eigenvalue weighted by Crippen LogP contribution is -2.36. The fraction of sp³-hybridized carbons (Fsp3) is 0.333. The summed E-state index contributed by atoms with van der Waals surface area (Å²) in [5, 5.41) is 9.63. The molecule has 1 aromatic heterocycles. The van der Waals surface area contributed by atoms with Crippen LogP contribution >= 0.6 is 0 Å². The Balaban J connectivity index is 1.93. The highest BCUT2D eigenvalue weighted by atomic mass is 19.1. The zero-order valence-corrected chi connectivity index (χ0v) is 12.4. The van der Waals surface area contributed by atoms with Gasteiger partial charge in [-0.3, -0.25) is 9.48 Å². The molecule has 5 nitrogen and oxygen atoms in total. The minimum absolute atomic E-state index is 0.220. The van der Waals surface area contributed by atoms with Gasteiger partial charge in [0.25, 0.3) is 0 Å². The Morgan fingerprint density at radius 1 is 1.41 bits per heavy atom. The monoisotopic (exact) mass is 308 g/mol. The number of aryl methyl sites for hydroxylation is 1. The average molecular weight is 308 g/mol. The molecule has 0 radical (unpaired) electrons. The van der Waals surface area contributed by atoms with Gasteiger partial charge in [-0.15, -0.1) is 0 Å². The van der Waals surface area contributed by atoms with E-state index in [9.17, 15) is 13.6 Å². The molecule has 1 aromatic carbocycles. The number of aromatic nitrogens is 2. The van der Waals surface area contributed by atoms with Crippen LogP contribution in [0.2, 0.25) is 0 Å². The molecule has 1 atom stereocenters. The molecule has 1 heterocycles. The lowest BCUT2D eigenvalue weighted by atomic mass is 10.1. The van der Waals surface area contributed by atoms with Crippen LogP contribution in [-0.4, -0.2) is 29.3 Å². The van der Waals surface area contributed by atoms with Crippen molar-refractivity contribution in [3.05, 3.63) is 53.4 Å². The van der Waals surface area contributed by atoms with Crippen LogP contribution in [0.25, 0.3) is 0 Å². The van der Waals surface area contributed by atoms with Gasteiger partial charge in [-0.2, -0.15) is 5.10 Å². The van der Waals surface area contributed by atoms with Crippen LogP contribution in [0.5, 0.6) is 0 Å². The van der Waals surface area contributed by atoms with Crippen molar-refractivity contribution in [1.29, 1.82) is 0 Å². The molecule has 22 heavy (non-hydrogen) atoms. The molecule has 0 spiro atoms. The SMILES string of the molecule is CNC(C(=O)NCCc1cc(F)ccc1F)c1cnn(C)c1. The van der Waals surface area contributed by atoms with E-state index in [-0.39, 0.29) is 24.4 Å². The summed E-state index contributed by atoms with van der Waals surface area (Å²) in [6, 6.07) is 2.75. The van der Waals surface area contributed by atoms with E-state index < -0.39 is 17.7 Å². The molecule has 0 saturated heterocycles. The minimum atomic E-state index is -0.536. The van der Waals surface area contributed by atoms with Gasteiger partial charge in [0, 0.05) is 25.4 Å². The van der Waals surface area contributed by atoms with Gasteiger partial charge < -0.3 is 10.6 Å². The summed E-state index contributed by atoms with van der Waals surface area (Å²) in [7, 11) is 3.43. The van der Waals surface area contributed by atoms with Gasteiger partial charge in [-0.1, -0.05) is 0 Å². The van der Waals surface area contributed by atoms with Gasteiger partial charge in [0.2, 0.25) is 5.91 Å². The maximum atomic E-state index is 13.5. The van der Waals surface area contributed by atoms with E-state index in [1.807, 2.05) is 0 Å². The number of amides is 1. The van der Waals surface area contributed by atoms with E-state index in [2.05, 4.69) is 15.7 Å². The molecule has 0 fully saturated rings. The van der Waals surface area contributed by atoms with E-state index in [1.54, 1.807) is 31.2 Å². The summed E-state index contributed by atoms with van der Waals surface area (Å²) >= 11 is 0. The van der Waals surface area contributed by atoms with Crippen LogP contribution in [0, 0.1) is 11.6 Å². The van der Waals surface area contributed by atoms with Crippen LogP contribution in [0.15, 0.2) is 30.6 Å². The van der Waals surface area contributed by atoms with Crippen molar-refractivity contribution in [2.45, 2.75) is 12.5 Å². The predicted molar refractivity (Wildman–Crippen MR) is 78.1 cm³/mol. The van der Waals surface area contributed by atoms with Gasteiger partial charge in [0.1, 0.15) is 17.7 Å². The number of rotatable bonds is 6. The number of nitrogens with zero attached hydrogens (tertiary/aromatic N) is 2. The van der Waals surface area contributed by atoms with Crippen molar-refractivity contribution < 1.29 is 13.6 Å². The molecule has 0 aliphatic rings. The summed E-state index contributed by atoms with van der Waals surface area (Å²) in [6.45, 7) is 0.220. The third-order valence-corrected chi connectivity index (χ3v) is 3.31. The normalized spacial score (nSPS) is 12.2. The van der Waals surface area contributed by atoms with E-state index in [0.29, 0.717) is 0 Å². The number of nitrogens with one attached hydrogen (secondary N) is 2. The van der Waals surface area contributed by atoms with Crippen LogP contribution < -0.4 is 10.6 Å². The number of carbonyl (C=O) groups is 1. The largest absolute Gasteiger partial charge is 0.354 e. The number of hydrogen-bond acceptors (Lipinski definition) is 3. The molecule has 2 rings (SSSR count). The van der Waals surface area contributed by atoms with Gasteiger partial charge >= 0.3 is 0 Å². The third kappa shape index (κ3) is 3.88. The second kappa shape index (κ2) is 7.13. The highest BCUT2D eigenvalue weighted by molar-refractivity contribution is 5.83. The summed E-state index contributed by atoms with van der Waals surface area (Å²) in [5.41, 5.74) is 0.974. The first-order valence-corrected chi connectivity index (χ1v) is 6.88. The lowest BCUT2D eigenvalue weighted by Gasteiger charge is -2.14. The highest BCUT2D eigenvalue weighted by Gasteiger charge is 2.19. The first-order valence-electron chi connectivity index (χ1n) is 6.88. The quantitative estimate of drug-likeness (QED) is 0.846. The Morgan fingerprint density at radius 3 is 2.82 bits per heavy atom. The highest BCUT2D eigenvalue weighted by Crippen LogP contribution is 2.12. The number of carbonyl (C=O) groups excluding carboxylic acids is 1.